The van der Waals surface area contributed by atoms with Crippen LogP contribution in [0.2, 0.25) is 0 Å². The van der Waals surface area contributed by atoms with Crippen LogP contribution in [0, 0.1) is 5.41 Å². The van der Waals surface area contributed by atoms with Crippen molar-refractivity contribution < 1.29 is 9.53 Å². The summed E-state index contributed by atoms with van der Waals surface area (Å²) in [5, 5.41) is 6.30. The van der Waals surface area contributed by atoms with Crippen LogP contribution in [0.1, 0.15) is 30.1 Å². The maximum atomic E-state index is 12.0. The number of carbonyl (C=O) groups excluding carboxylic acids is 1. The number of nitrogens with zero attached hydrogens (tertiary/aromatic N) is 2. The number of aliphatic imine (C=N–C) groups is 1. The maximum absolute atomic E-state index is 12.0. The van der Waals surface area contributed by atoms with E-state index in [9.17, 15) is 4.79 Å². The third-order valence-electron chi connectivity index (χ3n) is 4.95. The van der Waals surface area contributed by atoms with Crippen molar-refractivity contribution in [2.75, 3.05) is 45.9 Å². The van der Waals surface area contributed by atoms with Crippen molar-refractivity contribution in [2.45, 2.75) is 19.8 Å². The zero-order valence-corrected chi connectivity index (χ0v) is 17.7. The molecule has 6 nitrogen and oxygen atoms in total. The zero-order valence-electron chi connectivity index (χ0n) is 15.4. The van der Waals surface area contributed by atoms with Crippen molar-refractivity contribution >= 4 is 35.8 Å². The Labute approximate surface area is 172 Å². The minimum atomic E-state index is -0.0518. The monoisotopic (exact) mass is 472 g/mol. The average Bonchev–Trinajstić information content (AvgIpc) is 3.28. The Morgan fingerprint density at radius 2 is 2.08 bits per heavy atom. The molecule has 26 heavy (non-hydrogen) atoms. The quantitative estimate of drug-likeness (QED) is 0.298. The molecule has 2 fully saturated rings. The zero-order chi connectivity index (χ0) is 17.5. The van der Waals surface area contributed by atoms with Crippen LogP contribution in [0.15, 0.2) is 35.3 Å². The molecule has 1 atom stereocenters. The summed E-state index contributed by atoms with van der Waals surface area (Å²) >= 11 is 0. The van der Waals surface area contributed by atoms with Gasteiger partial charge in [-0.05, 0) is 31.9 Å². The lowest BCUT2D eigenvalue weighted by Gasteiger charge is -2.25. The van der Waals surface area contributed by atoms with Crippen molar-refractivity contribution in [1.82, 2.24) is 15.5 Å². The van der Waals surface area contributed by atoms with Crippen molar-refractivity contribution in [2.24, 2.45) is 10.4 Å². The topological polar surface area (TPSA) is 66.0 Å². The van der Waals surface area contributed by atoms with Crippen molar-refractivity contribution in [3.8, 4) is 0 Å². The summed E-state index contributed by atoms with van der Waals surface area (Å²) in [4.78, 5) is 19.1. The van der Waals surface area contributed by atoms with E-state index in [1.807, 2.05) is 30.3 Å². The molecule has 0 aromatic heterocycles. The minimum Gasteiger partial charge on any atom is -0.381 e. The van der Waals surface area contributed by atoms with Crippen LogP contribution < -0.4 is 10.6 Å². The van der Waals surface area contributed by atoms with Crippen LogP contribution in [-0.4, -0.2) is 62.7 Å². The molecule has 1 amide bonds. The summed E-state index contributed by atoms with van der Waals surface area (Å²) in [6, 6.07) is 9.27. The molecule has 144 valence electrons. The van der Waals surface area contributed by atoms with Crippen LogP contribution in [0.25, 0.3) is 0 Å². The molecule has 1 aromatic rings. The minimum absolute atomic E-state index is 0. The van der Waals surface area contributed by atoms with Gasteiger partial charge in [-0.3, -0.25) is 9.79 Å². The van der Waals surface area contributed by atoms with Gasteiger partial charge in [-0.2, -0.15) is 0 Å². The molecular weight excluding hydrogens is 443 g/mol. The van der Waals surface area contributed by atoms with Gasteiger partial charge >= 0.3 is 0 Å². The van der Waals surface area contributed by atoms with Gasteiger partial charge < -0.3 is 20.3 Å². The fourth-order valence-corrected chi connectivity index (χ4v) is 3.54. The SMILES string of the molecule is CCNC(=NCCNC(=O)c1ccccc1)N1CCC2(CCOC2)C1.I. The van der Waals surface area contributed by atoms with E-state index in [1.54, 1.807) is 0 Å². The molecule has 2 aliphatic rings. The van der Waals surface area contributed by atoms with Gasteiger partial charge in [0.2, 0.25) is 0 Å². The summed E-state index contributed by atoms with van der Waals surface area (Å²) in [6.45, 7) is 7.81. The molecule has 3 rings (SSSR count). The summed E-state index contributed by atoms with van der Waals surface area (Å²) < 4.78 is 5.60. The number of ether oxygens (including phenoxy) is 1. The fourth-order valence-electron chi connectivity index (χ4n) is 3.54. The van der Waals surface area contributed by atoms with Crippen molar-refractivity contribution in [1.29, 1.82) is 0 Å². The number of amides is 1. The second-order valence-electron chi connectivity index (χ2n) is 6.83. The normalized spacial score (nSPS) is 22.3. The highest BCUT2D eigenvalue weighted by atomic mass is 127. The molecular formula is C19H29IN4O2. The Morgan fingerprint density at radius 1 is 1.27 bits per heavy atom. The smallest absolute Gasteiger partial charge is 0.251 e. The second kappa shape index (κ2) is 10.1. The van der Waals surface area contributed by atoms with E-state index in [0.29, 0.717) is 24.1 Å². The van der Waals surface area contributed by atoms with Gasteiger partial charge in [-0.25, -0.2) is 0 Å². The standard InChI is InChI=1S/C19H28N4O2.HI/c1-2-20-18(23-12-8-19(14-23)9-13-25-15-19)22-11-10-21-17(24)16-6-4-3-5-7-16;/h3-7H,2,8-15H2,1H3,(H,20,22)(H,21,24);1H. The van der Waals surface area contributed by atoms with E-state index in [4.69, 9.17) is 9.73 Å². The Morgan fingerprint density at radius 3 is 2.77 bits per heavy atom. The lowest BCUT2D eigenvalue weighted by atomic mass is 9.87. The predicted octanol–water partition coefficient (Wildman–Crippen LogP) is 2.11. The summed E-state index contributed by atoms with van der Waals surface area (Å²) in [7, 11) is 0. The van der Waals surface area contributed by atoms with Gasteiger partial charge in [-0.15, -0.1) is 24.0 Å². The first kappa shape index (κ1) is 21.0. The van der Waals surface area contributed by atoms with Gasteiger partial charge in [0.15, 0.2) is 5.96 Å². The molecule has 7 heteroatoms. The molecule has 1 spiro atoms. The van der Waals surface area contributed by atoms with Crippen LogP contribution in [0.3, 0.4) is 0 Å². The number of halogens is 1. The Kier molecular flexibility index (Phi) is 8.15. The van der Waals surface area contributed by atoms with E-state index in [0.717, 1.165) is 45.2 Å². The number of likely N-dealkylation sites (tertiary alicyclic amines) is 1. The highest BCUT2D eigenvalue weighted by Crippen LogP contribution is 2.38. The fraction of sp³-hybridized carbons (Fsp3) is 0.579. The first-order valence-corrected chi connectivity index (χ1v) is 9.17. The van der Waals surface area contributed by atoms with Crippen LogP contribution in [0.5, 0.6) is 0 Å². The summed E-state index contributed by atoms with van der Waals surface area (Å²) in [5.41, 5.74) is 0.999. The van der Waals surface area contributed by atoms with Crippen LogP contribution in [0.4, 0.5) is 0 Å². The number of benzene rings is 1. The van der Waals surface area contributed by atoms with Crippen molar-refractivity contribution in [3.05, 3.63) is 35.9 Å². The molecule has 2 saturated heterocycles. The number of hydrogen-bond acceptors (Lipinski definition) is 3. The molecule has 0 bridgehead atoms. The summed E-state index contributed by atoms with van der Waals surface area (Å²) in [6.07, 6.45) is 2.32. The van der Waals surface area contributed by atoms with E-state index in [1.165, 1.54) is 6.42 Å². The van der Waals surface area contributed by atoms with Gasteiger partial charge in [0, 0.05) is 43.8 Å². The highest BCUT2D eigenvalue weighted by Gasteiger charge is 2.42. The van der Waals surface area contributed by atoms with Crippen molar-refractivity contribution in [3.63, 3.8) is 0 Å². The first-order chi connectivity index (χ1) is 12.2. The lowest BCUT2D eigenvalue weighted by Crippen LogP contribution is -2.42. The maximum Gasteiger partial charge on any atom is 0.251 e. The Hall–Kier alpha value is -1.35. The van der Waals surface area contributed by atoms with E-state index < -0.39 is 0 Å². The number of hydrogen-bond donors (Lipinski definition) is 2. The van der Waals surface area contributed by atoms with E-state index in [2.05, 4.69) is 22.5 Å². The number of guanidine groups is 1. The molecule has 2 N–H and O–H groups in total. The number of carbonyl (C=O) groups is 1. The van der Waals surface area contributed by atoms with Gasteiger partial charge in [0.25, 0.3) is 5.91 Å². The molecule has 0 aliphatic carbocycles. The van der Waals surface area contributed by atoms with E-state index >= 15 is 0 Å². The molecule has 2 heterocycles. The number of nitrogens with one attached hydrogen (secondary N) is 2. The molecule has 1 aromatic carbocycles. The predicted molar refractivity (Wildman–Crippen MR) is 114 cm³/mol. The molecule has 0 radical (unpaired) electrons. The second-order valence-corrected chi connectivity index (χ2v) is 6.83. The lowest BCUT2D eigenvalue weighted by molar-refractivity contribution is 0.0955. The van der Waals surface area contributed by atoms with Crippen LogP contribution in [-0.2, 0) is 4.74 Å². The highest BCUT2D eigenvalue weighted by molar-refractivity contribution is 14.0. The van der Waals surface area contributed by atoms with Crippen LogP contribution >= 0.6 is 24.0 Å². The third-order valence-corrected chi connectivity index (χ3v) is 4.95. The Bertz CT molecular complexity index is 603. The largest absolute Gasteiger partial charge is 0.381 e. The molecule has 1 unspecified atom stereocenters. The molecule has 0 saturated carbocycles. The molecule has 2 aliphatic heterocycles. The Balaban J connectivity index is 0.00000243. The summed E-state index contributed by atoms with van der Waals surface area (Å²) in [5.74, 6) is 0.893. The van der Waals surface area contributed by atoms with E-state index in [-0.39, 0.29) is 29.9 Å². The number of rotatable bonds is 5. The first-order valence-electron chi connectivity index (χ1n) is 9.17. The third kappa shape index (κ3) is 5.33. The van der Waals surface area contributed by atoms with Gasteiger partial charge in [0.1, 0.15) is 0 Å². The average molecular weight is 472 g/mol. The van der Waals surface area contributed by atoms with Gasteiger partial charge in [-0.1, -0.05) is 18.2 Å². The van der Waals surface area contributed by atoms with Gasteiger partial charge in [0.05, 0.1) is 13.2 Å².